The first-order valence-electron chi connectivity index (χ1n) is 10.3. The second-order valence-electron chi connectivity index (χ2n) is 7.69. The summed E-state index contributed by atoms with van der Waals surface area (Å²) in [4.78, 5) is 6.48. The zero-order valence-corrected chi connectivity index (χ0v) is 18.1. The van der Waals surface area contributed by atoms with Gasteiger partial charge in [0.05, 0.1) is 36.1 Å². The topological polar surface area (TPSA) is 46.2 Å². The van der Waals surface area contributed by atoms with Gasteiger partial charge >= 0.3 is 6.18 Å². The van der Waals surface area contributed by atoms with Crippen molar-refractivity contribution in [2.24, 2.45) is 0 Å². The van der Waals surface area contributed by atoms with E-state index in [1.54, 1.807) is 35.4 Å². The van der Waals surface area contributed by atoms with E-state index in [1.807, 2.05) is 41.3 Å². The summed E-state index contributed by atoms with van der Waals surface area (Å²) in [6, 6.07) is 17.7. The molecule has 5 rings (SSSR count). The minimum Gasteiger partial charge on any atom is -0.467 e. The molecule has 1 N–H and O–H groups in total. The van der Waals surface area contributed by atoms with Crippen molar-refractivity contribution in [3.63, 3.8) is 0 Å². The van der Waals surface area contributed by atoms with Gasteiger partial charge in [-0.25, -0.2) is 0 Å². The molecule has 4 heterocycles. The van der Waals surface area contributed by atoms with E-state index in [0.717, 1.165) is 29.3 Å². The van der Waals surface area contributed by atoms with Crippen LogP contribution in [-0.4, -0.2) is 19.6 Å². The molecule has 0 aliphatic carbocycles. The number of halogens is 3. The van der Waals surface area contributed by atoms with Gasteiger partial charge in [-0.3, -0.25) is 4.98 Å². The molecule has 1 fully saturated rings. The SMILES string of the molecule is FC(F)(F)c1cccc(-n2cccc2C2C(c3ccccn3)NC(=S)N2Cc2ccco2)c1. The van der Waals surface area contributed by atoms with Crippen LogP contribution < -0.4 is 5.32 Å². The number of pyridine rings is 1. The Hall–Kier alpha value is -3.59. The fourth-order valence-corrected chi connectivity index (χ4v) is 4.48. The lowest BCUT2D eigenvalue weighted by molar-refractivity contribution is -0.137. The number of nitrogens with zero attached hydrogens (tertiary/aromatic N) is 3. The summed E-state index contributed by atoms with van der Waals surface area (Å²) >= 11 is 5.66. The zero-order chi connectivity index (χ0) is 23.0. The van der Waals surface area contributed by atoms with Crippen LogP contribution in [0.1, 0.15) is 34.8 Å². The molecule has 5 nitrogen and oxygen atoms in total. The summed E-state index contributed by atoms with van der Waals surface area (Å²) in [6.07, 6.45) is 0.630. The molecule has 0 spiro atoms. The maximum atomic E-state index is 13.4. The minimum absolute atomic E-state index is 0.298. The maximum absolute atomic E-state index is 13.4. The lowest BCUT2D eigenvalue weighted by Gasteiger charge is -2.28. The summed E-state index contributed by atoms with van der Waals surface area (Å²) in [6.45, 7) is 0.403. The van der Waals surface area contributed by atoms with E-state index in [4.69, 9.17) is 16.6 Å². The van der Waals surface area contributed by atoms with Crippen molar-refractivity contribution in [3.8, 4) is 5.69 Å². The maximum Gasteiger partial charge on any atom is 0.416 e. The lowest BCUT2D eigenvalue weighted by Crippen LogP contribution is -2.29. The third-order valence-electron chi connectivity index (χ3n) is 5.64. The summed E-state index contributed by atoms with van der Waals surface area (Å²) in [5.41, 5.74) is 1.28. The van der Waals surface area contributed by atoms with E-state index in [-0.39, 0.29) is 12.1 Å². The van der Waals surface area contributed by atoms with E-state index in [2.05, 4.69) is 10.3 Å². The highest BCUT2D eigenvalue weighted by atomic mass is 32.1. The predicted octanol–water partition coefficient (Wildman–Crippen LogP) is 5.66. The van der Waals surface area contributed by atoms with Crippen LogP contribution in [0.2, 0.25) is 0 Å². The smallest absolute Gasteiger partial charge is 0.416 e. The van der Waals surface area contributed by atoms with E-state index in [1.165, 1.54) is 6.07 Å². The van der Waals surface area contributed by atoms with Crippen LogP contribution in [0.5, 0.6) is 0 Å². The predicted molar refractivity (Wildman–Crippen MR) is 120 cm³/mol. The molecule has 0 saturated carbocycles. The van der Waals surface area contributed by atoms with Gasteiger partial charge in [0.2, 0.25) is 0 Å². The molecule has 0 bridgehead atoms. The minimum atomic E-state index is -4.43. The van der Waals surface area contributed by atoms with Crippen LogP contribution in [0.25, 0.3) is 5.69 Å². The Morgan fingerprint density at radius 1 is 1.03 bits per heavy atom. The molecule has 9 heteroatoms. The van der Waals surface area contributed by atoms with Crippen molar-refractivity contribution in [1.82, 2.24) is 19.8 Å². The molecule has 1 aliphatic rings. The monoisotopic (exact) mass is 468 g/mol. The Bertz CT molecular complexity index is 1250. The molecule has 168 valence electrons. The molecule has 33 heavy (non-hydrogen) atoms. The Morgan fingerprint density at radius 3 is 2.64 bits per heavy atom. The highest BCUT2D eigenvalue weighted by molar-refractivity contribution is 7.80. The van der Waals surface area contributed by atoms with Crippen molar-refractivity contribution in [2.45, 2.75) is 24.8 Å². The number of nitrogens with one attached hydrogen (secondary N) is 1. The molecule has 2 atom stereocenters. The van der Waals surface area contributed by atoms with Crippen LogP contribution >= 0.6 is 12.2 Å². The van der Waals surface area contributed by atoms with Gasteiger partial charge in [0.25, 0.3) is 0 Å². The highest BCUT2D eigenvalue weighted by Crippen LogP contribution is 2.41. The first kappa shape index (κ1) is 21.3. The van der Waals surface area contributed by atoms with Crippen molar-refractivity contribution >= 4 is 17.3 Å². The van der Waals surface area contributed by atoms with Gasteiger partial charge in [-0.05, 0) is 66.8 Å². The van der Waals surface area contributed by atoms with Crippen LogP contribution in [0.3, 0.4) is 0 Å². The average molecular weight is 469 g/mol. The number of thiocarbonyl (C=S) groups is 1. The normalized spacial score (nSPS) is 18.5. The first-order valence-corrected chi connectivity index (χ1v) is 10.7. The molecule has 4 aromatic rings. The molecular weight excluding hydrogens is 449 g/mol. The van der Waals surface area contributed by atoms with Gasteiger partial charge in [-0.2, -0.15) is 13.2 Å². The first-order chi connectivity index (χ1) is 15.9. The Balaban J connectivity index is 1.60. The fourth-order valence-electron chi connectivity index (χ4n) is 4.17. The molecule has 1 aromatic carbocycles. The van der Waals surface area contributed by atoms with Crippen LogP contribution in [-0.2, 0) is 12.7 Å². The Kier molecular flexibility index (Phi) is 5.41. The quantitative estimate of drug-likeness (QED) is 0.383. The second-order valence-corrected chi connectivity index (χ2v) is 8.07. The third kappa shape index (κ3) is 4.11. The number of alkyl halides is 3. The number of furan rings is 1. The van der Waals surface area contributed by atoms with Gasteiger partial charge < -0.3 is 19.2 Å². The number of hydrogen-bond acceptors (Lipinski definition) is 3. The van der Waals surface area contributed by atoms with Gasteiger partial charge in [-0.15, -0.1) is 0 Å². The van der Waals surface area contributed by atoms with Gasteiger partial charge in [0.15, 0.2) is 5.11 Å². The summed E-state index contributed by atoms with van der Waals surface area (Å²) < 4.78 is 47.4. The summed E-state index contributed by atoms with van der Waals surface area (Å²) in [5.74, 6) is 0.725. The Labute approximate surface area is 193 Å². The number of benzene rings is 1. The van der Waals surface area contributed by atoms with E-state index in [0.29, 0.717) is 17.3 Å². The third-order valence-corrected chi connectivity index (χ3v) is 5.99. The van der Waals surface area contributed by atoms with E-state index < -0.39 is 11.7 Å². The fraction of sp³-hybridized carbons (Fsp3) is 0.167. The molecule has 2 unspecified atom stereocenters. The molecule has 1 aliphatic heterocycles. The van der Waals surface area contributed by atoms with Crippen molar-refractivity contribution in [3.05, 3.63) is 108 Å². The lowest BCUT2D eigenvalue weighted by atomic mass is 10.0. The molecular formula is C24H19F3N4OS. The average Bonchev–Trinajstić information content (AvgIpc) is 3.55. The molecule has 1 saturated heterocycles. The van der Waals surface area contributed by atoms with Gasteiger partial charge in [0.1, 0.15) is 5.76 Å². The van der Waals surface area contributed by atoms with Crippen LogP contribution in [0.4, 0.5) is 13.2 Å². The molecule has 3 aromatic heterocycles. The molecule has 0 amide bonds. The number of rotatable bonds is 5. The largest absolute Gasteiger partial charge is 0.467 e. The van der Waals surface area contributed by atoms with Crippen LogP contribution in [0.15, 0.2) is 89.8 Å². The highest BCUT2D eigenvalue weighted by Gasteiger charge is 2.41. The van der Waals surface area contributed by atoms with E-state index >= 15 is 0 Å². The standard InChI is InChI=1S/C24H19F3N4OS/c25-24(26,27)16-6-3-7-17(14-16)30-12-4-10-20(30)22-21(19-9-1-2-11-28-19)29-23(33)31(22)15-18-8-5-13-32-18/h1-14,21-22H,15H2,(H,29,33). The zero-order valence-electron chi connectivity index (χ0n) is 17.2. The van der Waals surface area contributed by atoms with Gasteiger partial charge in [-0.1, -0.05) is 12.1 Å². The number of aromatic nitrogens is 2. The van der Waals surface area contributed by atoms with Crippen molar-refractivity contribution in [1.29, 1.82) is 0 Å². The van der Waals surface area contributed by atoms with Crippen molar-refractivity contribution < 1.29 is 17.6 Å². The summed E-state index contributed by atoms with van der Waals surface area (Å²) in [5, 5.41) is 3.86. The van der Waals surface area contributed by atoms with Gasteiger partial charge in [0, 0.05) is 23.8 Å². The van der Waals surface area contributed by atoms with Crippen LogP contribution in [0, 0.1) is 0 Å². The second kappa shape index (κ2) is 8.40. The number of hydrogen-bond donors (Lipinski definition) is 1. The van der Waals surface area contributed by atoms with E-state index in [9.17, 15) is 13.2 Å². The summed E-state index contributed by atoms with van der Waals surface area (Å²) in [7, 11) is 0. The van der Waals surface area contributed by atoms with Crippen molar-refractivity contribution in [2.75, 3.05) is 0 Å². The Morgan fingerprint density at radius 2 is 1.91 bits per heavy atom. The molecule has 0 radical (unpaired) electrons.